The maximum atomic E-state index is 10.1. The number of aliphatic hydroxyl groups excluding tert-OH is 1. The van der Waals surface area contributed by atoms with Crippen LogP contribution >= 0.6 is 0 Å². The van der Waals surface area contributed by atoms with Gasteiger partial charge in [0, 0.05) is 12.5 Å². The molecule has 0 unspecified atom stereocenters. The molecule has 1 saturated heterocycles. The van der Waals surface area contributed by atoms with Crippen LogP contribution in [-0.4, -0.2) is 35.7 Å². The Bertz CT molecular complexity index is 223. The second-order valence-electron chi connectivity index (χ2n) is 3.39. The van der Waals surface area contributed by atoms with Crippen LogP contribution in [0.15, 0.2) is 12.3 Å². The first-order chi connectivity index (χ1) is 6.63. The van der Waals surface area contributed by atoms with Crippen LogP contribution in [0.2, 0.25) is 0 Å². The molecule has 3 N–H and O–H groups in total. The lowest BCUT2D eigenvalue weighted by atomic mass is 9.72. The molecule has 78 valence electrons. The number of nitrogens with one attached hydrogen (secondary N) is 1. The summed E-state index contributed by atoms with van der Waals surface area (Å²) >= 11 is 0. The molecule has 0 radical (unpaired) electrons. The maximum Gasteiger partial charge on any atom is 0.478 e. The third-order valence-corrected chi connectivity index (χ3v) is 2.22. The Morgan fingerprint density at radius 1 is 1.71 bits per heavy atom. The quantitative estimate of drug-likeness (QED) is 0.331. The van der Waals surface area contributed by atoms with E-state index in [1.807, 2.05) is 0 Å². The zero-order valence-corrected chi connectivity index (χ0v) is 7.85. The predicted molar refractivity (Wildman–Crippen MR) is 51.5 cm³/mol. The highest BCUT2D eigenvalue weighted by Gasteiger charge is 2.34. The van der Waals surface area contributed by atoms with Gasteiger partial charge in [0.05, 0.1) is 11.7 Å². The topological polar surface area (TPSA) is 78.8 Å². The molecule has 0 aromatic heterocycles. The minimum atomic E-state index is -1.00. The molecule has 1 rings (SSSR count). The number of carbonyl (C=O) groups is 1. The van der Waals surface area contributed by atoms with Crippen molar-refractivity contribution in [2.75, 3.05) is 0 Å². The summed E-state index contributed by atoms with van der Waals surface area (Å²) in [6, 6.07) is 0. The van der Waals surface area contributed by atoms with Crippen molar-refractivity contribution in [3.63, 3.8) is 0 Å². The SMILES string of the molecule is C=C(O)C[C@@H]1CC[C@H](NC=O)B(O)O1. The number of carbonyl (C=O) groups excluding carboxylic acids is 1. The molecule has 1 aliphatic rings. The average molecular weight is 199 g/mol. The van der Waals surface area contributed by atoms with Crippen LogP contribution in [0.3, 0.4) is 0 Å². The molecule has 1 amide bonds. The van der Waals surface area contributed by atoms with Gasteiger partial charge in [-0.05, 0) is 12.8 Å². The summed E-state index contributed by atoms with van der Waals surface area (Å²) in [6.45, 7) is 3.35. The Morgan fingerprint density at radius 2 is 2.43 bits per heavy atom. The van der Waals surface area contributed by atoms with Gasteiger partial charge in [-0.1, -0.05) is 6.58 Å². The fourth-order valence-electron chi connectivity index (χ4n) is 1.53. The molecule has 0 aromatic rings. The normalized spacial score (nSPS) is 27.1. The Kier molecular flexibility index (Phi) is 3.97. The minimum absolute atomic E-state index is 0.0454. The molecular weight excluding hydrogens is 185 g/mol. The van der Waals surface area contributed by atoms with E-state index >= 15 is 0 Å². The number of amides is 1. The third-order valence-electron chi connectivity index (χ3n) is 2.22. The Balaban J connectivity index is 2.38. The average Bonchev–Trinajstić information content (AvgIpc) is 2.09. The van der Waals surface area contributed by atoms with Crippen LogP contribution in [0.1, 0.15) is 19.3 Å². The lowest BCUT2D eigenvalue weighted by Crippen LogP contribution is -2.50. The molecule has 14 heavy (non-hydrogen) atoms. The van der Waals surface area contributed by atoms with E-state index in [-0.39, 0.29) is 17.8 Å². The van der Waals surface area contributed by atoms with E-state index in [2.05, 4.69) is 11.9 Å². The van der Waals surface area contributed by atoms with Crippen molar-refractivity contribution in [2.45, 2.75) is 31.3 Å². The van der Waals surface area contributed by atoms with Crippen LogP contribution < -0.4 is 5.32 Å². The highest BCUT2D eigenvalue weighted by atomic mass is 16.5. The highest BCUT2D eigenvalue weighted by Crippen LogP contribution is 2.19. The van der Waals surface area contributed by atoms with Gasteiger partial charge in [-0.25, -0.2) is 0 Å². The summed E-state index contributed by atoms with van der Waals surface area (Å²) in [4.78, 5) is 10.1. The van der Waals surface area contributed by atoms with Crippen molar-refractivity contribution in [2.24, 2.45) is 0 Å². The van der Waals surface area contributed by atoms with Crippen LogP contribution in [0.4, 0.5) is 0 Å². The predicted octanol–water partition coefficient (Wildman–Crippen LogP) is -0.239. The van der Waals surface area contributed by atoms with Gasteiger partial charge >= 0.3 is 7.12 Å². The van der Waals surface area contributed by atoms with Gasteiger partial charge in [0.25, 0.3) is 0 Å². The standard InChI is InChI=1S/C8H14BNO4/c1-6(12)4-7-2-3-8(10-5-11)9(13)14-7/h5,7-8,12-13H,1-4H2,(H,10,11)/t7-,8-/m0/s1. The molecule has 0 aliphatic carbocycles. The second kappa shape index (κ2) is 5.02. The molecule has 0 spiro atoms. The largest absolute Gasteiger partial charge is 0.513 e. The molecule has 1 heterocycles. The summed E-state index contributed by atoms with van der Waals surface area (Å²) in [5, 5.41) is 20.8. The van der Waals surface area contributed by atoms with Crippen molar-refractivity contribution < 1.29 is 19.6 Å². The van der Waals surface area contributed by atoms with Gasteiger partial charge in [0.2, 0.25) is 6.41 Å². The third kappa shape index (κ3) is 3.04. The Hall–Kier alpha value is -1.01. The zero-order valence-electron chi connectivity index (χ0n) is 7.85. The van der Waals surface area contributed by atoms with Gasteiger partial charge in [-0.2, -0.15) is 0 Å². The van der Waals surface area contributed by atoms with E-state index in [0.717, 1.165) is 0 Å². The van der Waals surface area contributed by atoms with E-state index in [4.69, 9.17) is 9.76 Å². The zero-order chi connectivity index (χ0) is 10.6. The van der Waals surface area contributed by atoms with Crippen molar-refractivity contribution in [3.05, 3.63) is 12.3 Å². The highest BCUT2D eigenvalue weighted by molar-refractivity contribution is 6.45. The van der Waals surface area contributed by atoms with Gasteiger partial charge in [0.15, 0.2) is 0 Å². The summed E-state index contributed by atoms with van der Waals surface area (Å²) in [6.07, 6.45) is 1.97. The van der Waals surface area contributed by atoms with Gasteiger partial charge in [-0.3, -0.25) is 4.79 Å². The molecular formula is C8H14BNO4. The molecule has 0 bridgehead atoms. The number of aliphatic hydroxyl groups is 1. The van der Waals surface area contributed by atoms with Crippen molar-refractivity contribution >= 4 is 13.5 Å². The van der Waals surface area contributed by atoms with Crippen LogP contribution in [-0.2, 0) is 9.45 Å². The first-order valence-corrected chi connectivity index (χ1v) is 4.53. The Labute approximate surface area is 82.9 Å². The monoisotopic (exact) mass is 199 g/mol. The van der Waals surface area contributed by atoms with E-state index in [0.29, 0.717) is 25.7 Å². The fraction of sp³-hybridized carbons (Fsp3) is 0.625. The summed E-state index contributed by atoms with van der Waals surface area (Å²) in [7, 11) is -1.00. The summed E-state index contributed by atoms with van der Waals surface area (Å²) in [5.74, 6) is -0.306. The molecule has 0 aromatic carbocycles. The lowest BCUT2D eigenvalue weighted by Gasteiger charge is -2.30. The van der Waals surface area contributed by atoms with Gasteiger partial charge in [-0.15, -0.1) is 0 Å². The molecule has 2 atom stereocenters. The van der Waals surface area contributed by atoms with E-state index < -0.39 is 7.12 Å². The van der Waals surface area contributed by atoms with E-state index in [9.17, 15) is 9.82 Å². The number of hydrogen-bond donors (Lipinski definition) is 3. The fourth-order valence-corrected chi connectivity index (χ4v) is 1.53. The first-order valence-electron chi connectivity index (χ1n) is 4.53. The molecule has 0 saturated carbocycles. The van der Waals surface area contributed by atoms with Crippen molar-refractivity contribution in [1.29, 1.82) is 0 Å². The molecule has 6 heteroatoms. The van der Waals surface area contributed by atoms with Crippen molar-refractivity contribution in [3.8, 4) is 0 Å². The van der Waals surface area contributed by atoms with Crippen LogP contribution in [0.5, 0.6) is 0 Å². The maximum absolute atomic E-state index is 10.1. The number of hydrogen-bond acceptors (Lipinski definition) is 4. The van der Waals surface area contributed by atoms with Crippen LogP contribution in [0, 0.1) is 0 Å². The minimum Gasteiger partial charge on any atom is -0.513 e. The molecule has 1 fully saturated rings. The van der Waals surface area contributed by atoms with Gasteiger partial charge in [0.1, 0.15) is 0 Å². The smallest absolute Gasteiger partial charge is 0.478 e. The summed E-state index contributed by atoms with van der Waals surface area (Å²) in [5.41, 5.74) is 0. The second-order valence-corrected chi connectivity index (χ2v) is 3.39. The van der Waals surface area contributed by atoms with Gasteiger partial charge < -0.3 is 20.1 Å². The van der Waals surface area contributed by atoms with Crippen LogP contribution in [0.25, 0.3) is 0 Å². The molecule has 5 nitrogen and oxygen atoms in total. The number of rotatable bonds is 4. The first kappa shape index (κ1) is 11.1. The lowest BCUT2D eigenvalue weighted by molar-refractivity contribution is -0.110. The van der Waals surface area contributed by atoms with E-state index in [1.54, 1.807) is 0 Å². The summed E-state index contributed by atoms with van der Waals surface area (Å²) < 4.78 is 5.18. The van der Waals surface area contributed by atoms with Crippen molar-refractivity contribution in [1.82, 2.24) is 5.32 Å². The Morgan fingerprint density at radius 3 is 2.93 bits per heavy atom. The van der Waals surface area contributed by atoms with E-state index in [1.165, 1.54) is 0 Å². The molecule has 1 aliphatic heterocycles.